The lowest BCUT2D eigenvalue weighted by Crippen LogP contribution is -2.79. The molecule has 14 nitrogen and oxygen atoms in total. The number of aliphatic hydroxyl groups is 4. The molecule has 1 saturated heterocycles. The first-order valence-electron chi connectivity index (χ1n) is 14.4. The van der Waals surface area contributed by atoms with Crippen molar-refractivity contribution in [3.8, 4) is 45.6 Å². The number of nitrogens with one attached hydrogen (secondary N) is 1. The van der Waals surface area contributed by atoms with E-state index in [1.54, 1.807) is 30.3 Å². The van der Waals surface area contributed by atoms with Gasteiger partial charge in [0.15, 0.2) is 29.1 Å². The van der Waals surface area contributed by atoms with Crippen molar-refractivity contribution in [3.05, 3.63) is 65.7 Å². The van der Waals surface area contributed by atoms with Gasteiger partial charge in [-0.1, -0.05) is 24.3 Å². The van der Waals surface area contributed by atoms with E-state index in [4.69, 9.17) is 28.4 Å². The van der Waals surface area contributed by atoms with Crippen LogP contribution in [0.25, 0.3) is 11.1 Å². The Balaban J connectivity index is 1.33. The topological polar surface area (TPSA) is 206 Å². The number of aliphatic carboxylic acids is 1. The average Bonchev–Trinajstić information content (AvgIpc) is 3.45. The molecular formula is C32H29NO13. The number of carbonyl (C=O) groups is 1. The van der Waals surface area contributed by atoms with Crippen molar-refractivity contribution in [2.45, 2.75) is 54.1 Å². The molecule has 0 aromatic heterocycles. The lowest BCUT2D eigenvalue weighted by atomic mass is 9.76. The van der Waals surface area contributed by atoms with Gasteiger partial charge in [-0.3, -0.25) is 0 Å². The van der Waals surface area contributed by atoms with E-state index in [2.05, 4.69) is 5.32 Å². The molecule has 8 rings (SSSR count). The first kappa shape index (κ1) is 28.7. The van der Waals surface area contributed by atoms with Crippen LogP contribution in [0.15, 0.2) is 54.6 Å². The van der Waals surface area contributed by atoms with Crippen molar-refractivity contribution >= 4 is 11.7 Å². The molecule has 5 heterocycles. The Morgan fingerprint density at radius 3 is 2.50 bits per heavy atom. The molecule has 9 atom stereocenters. The number of phenolic OH excluding ortho intramolecular Hbond substituents is 1. The van der Waals surface area contributed by atoms with Gasteiger partial charge in [-0.05, 0) is 41.5 Å². The maximum atomic E-state index is 12.3. The summed E-state index contributed by atoms with van der Waals surface area (Å²) in [7, 11) is 2.97. The predicted molar refractivity (Wildman–Crippen MR) is 155 cm³/mol. The van der Waals surface area contributed by atoms with Crippen LogP contribution in [0.3, 0.4) is 0 Å². The van der Waals surface area contributed by atoms with Crippen LogP contribution in [-0.4, -0.2) is 92.9 Å². The summed E-state index contributed by atoms with van der Waals surface area (Å²) in [5, 5.41) is 67.7. The van der Waals surface area contributed by atoms with Crippen LogP contribution in [0, 0.1) is 0 Å². The van der Waals surface area contributed by atoms with Crippen LogP contribution in [0.2, 0.25) is 0 Å². The molecule has 1 spiro atoms. The molecule has 3 aromatic rings. The van der Waals surface area contributed by atoms with Gasteiger partial charge in [0.25, 0.3) is 5.79 Å². The molecule has 1 fully saturated rings. The van der Waals surface area contributed by atoms with Gasteiger partial charge in [-0.25, -0.2) is 4.79 Å². The highest BCUT2D eigenvalue weighted by Gasteiger charge is 2.70. The van der Waals surface area contributed by atoms with E-state index < -0.39 is 60.0 Å². The first-order valence-corrected chi connectivity index (χ1v) is 14.4. The fraction of sp³-hybridized carbons (Fsp3) is 0.344. The second-order valence-electron chi connectivity index (χ2n) is 11.8. The number of aromatic hydroxyl groups is 1. The van der Waals surface area contributed by atoms with Gasteiger partial charge in [0, 0.05) is 11.1 Å². The van der Waals surface area contributed by atoms with Crippen LogP contribution in [0.4, 0.5) is 5.69 Å². The summed E-state index contributed by atoms with van der Waals surface area (Å²) in [6.07, 6.45) is -5.66. The van der Waals surface area contributed by atoms with Crippen LogP contribution < -0.4 is 29.0 Å². The minimum Gasteiger partial charge on any atom is -0.508 e. The normalized spacial score (nSPS) is 34.2. The zero-order chi connectivity index (χ0) is 32.3. The van der Waals surface area contributed by atoms with Gasteiger partial charge < -0.3 is 64.4 Å². The number of anilines is 1. The van der Waals surface area contributed by atoms with Crippen LogP contribution in [0.5, 0.6) is 34.5 Å². The van der Waals surface area contributed by atoms with Crippen molar-refractivity contribution in [1.29, 1.82) is 0 Å². The fourth-order valence-electron chi connectivity index (χ4n) is 7.25. The Morgan fingerprint density at radius 2 is 1.78 bits per heavy atom. The van der Waals surface area contributed by atoms with Gasteiger partial charge in [0.2, 0.25) is 17.6 Å². The number of fused-ring (bicyclic) bond motifs is 8. The Labute approximate surface area is 260 Å². The second kappa shape index (κ2) is 9.64. The Hall–Kier alpha value is -4.73. The Bertz CT molecular complexity index is 1830. The molecule has 0 unspecified atom stereocenters. The van der Waals surface area contributed by atoms with Gasteiger partial charge in [-0.2, -0.15) is 0 Å². The van der Waals surface area contributed by atoms with Gasteiger partial charge >= 0.3 is 5.97 Å². The number of ether oxygens (including phenoxy) is 6. The van der Waals surface area contributed by atoms with Crippen LogP contribution >= 0.6 is 0 Å². The van der Waals surface area contributed by atoms with Crippen molar-refractivity contribution < 1.29 is 63.9 Å². The minimum atomic E-state index is -2.42. The smallest absolute Gasteiger partial charge is 0.343 e. The molecule has 0 saturated carbocycles. The van der Waals surface area contributed by atoms with E-state index in [1.807, 2.05) is 0 Å². The van der Waals surface area contributed by atoms with Crippen LogP contribution in [-0.2, 0) is 9.53 Å². The summed E-state index contributed by atoms with van der Waals surface area (Å²) in [4.78, 5) is 12.3. The lowest BCUT2D eigenvalue weighted by molar-refractivity contribution is -0.356. The average molecular weight is 636 g/mol. The monoisotopic (exact) mass is 635 g/mol. The number of benzene rings is 3. The molecule has 5 aliphatic rings. The lowest BCUT2D eigenvalue weighted by Gasteiger charge is -2.57. The maximum Gasteiger partial charge on any atom is 0.343 e. The summed E-state index contributed by atoms with van der Waals surface area (Å²) in [6.45, 7) is 0. The summed E-state index contributed by atoms with van der Waals surface area (Å²) < 4.78 is 36.0. The molecule has 0 radical (unpaired) electrons. The number of methoxy groups -OCH3 is 2. The SMILES string of the molecule is COc1ccc2c(c1OC)O[C@H]1c3c(-c4cccc(O)c4)cc4c(c3O[C@@H](O)[C@@H]21)N[C@H]1C=C[C@]2(C(=O)O)O[C@@]1(O4)[C@H](O)[C@@H](O)[C@@H]2O. The number of rotatable bonds is 4. The van der Waals surface area contributed by atoms with E-state index in [0.717, 1.165) is 6.08 Å². The summed E-state index contributed by atoms with van der Waals surface area (Å²) in [5.41, 5.74) is -0.128. The Morgan fingerprint density at radius 1 is 0.978 bits per heavy atom. The zero-order valence-electron chi connectivity index (χ0n) is 24.3. The van der Waals surface area contributed by atoms with Gasteiger partial charge in [0.1, 0.15) is 35.8 Å². The minimum absolute atomic E-state index is 0.00554. The molecular weight excluding hydrogens is 606 g/mol. The third-order valence-electron chi connectivity index (χ3n) is 9.43. The largest absolute Gasteiger partial charge is 0.508 e. The van der Waals surface area contributed by atoms with E-state index in [9.17, 15) is 35.4 Å². The van der Waals surface area contributed by atoms with E-state index in [1.165, 1.54) is 32.4 Å². The van der Waals surface area contributed by atoms with Crippen molar-refractivity contribution in [1.82, 2.24) is 0 Å². The number of carboxylic acids is 1. The molecule has 240 valence electrons. The summed E-state index contributed by atoms with van der Waals surface area (Å²) in [6, 6.07) is 10.3. The van der Waals surface area contributed by atoms with E-state index in [0.29, 0.717) is 39.5 Å². The molecule has 0 amide bonds. The van der Waals surface area contributed by atoms with Crippen molar-refractivity contribution in [2.75, 3.05) is 19.5 Å². The van der Waals surface area contributed by atoms with Crippen LogP contribution in [0.1, 0.15) is 23.1 Å². The third kappa shape index (κ3) is 3.55. The highest BCUT2D eigenvalue weighted by molar-refractivity contribution is 5.85. The number of aliphatic hydroxyl groups excluding tert-OH is 4. The Kier molecular flexibility index (Phi) is 6.02. The fourth-order valence-corrected chi connectivity index (χ4v) is 7.25. The second-order valence-corrected chi connectivity index (χ2v) is 11.8. The maximum absolute atomic E-state index is 12.3. The molecule has 14 heteroatoms. The zero-order valence-corrected chi connectivity index (χ0v) is 24.3. The van der Waals surface area contributed by atoms with Gasteiger partial charge in [-0.15, -0.1) is 0 Å². The highest BCUT2D eigenvalue weighted by atomic mass is 16.7. The summed E-state index contributed by atoms with van der Waals surface area (Å²) in [5.74, 6) is -3.29. The standard InChI is InChI=1S/C32H29NO13/c1-41-16-7-6-14-20-25(43-23(14)24(16)42-2)19-15(12-4-3-5-13(34)10-12)11-17-21(26(19)44-29(20)38)33-18-8-9-31(30(39)40)27(36)22(35)28(37)32(18,45-17)46-31/h3-11,18,20,22,25,27-29,33-38H,1-2H3,(H,39,40)/t18-,20-,22-,25-,27-,28+,29+,31-,32+/m0/s1. The number of hydrogen-bond donors (Lipinski definition) is 7. The van der Waals surface area contributed by atoms with Gasteiger partial charge in [0.05, 0.1) is 20.1 Å². The molecule has 5 aliphatic heterocycles. The highest BCUT2D eigenvalue weighted by Crippen LogP contribution is 2.63. The molecule has 2 bridgehead atoms. The molecule has 7 N–H and O–H groups in total. The predicted octanol–water partition coefficient (Wildman–Crippen LogP) is 1.38. The molecule has 3 aromatic carbocycles. The van der Waals surface area contributed by atoms with Crippen molar-refractivity contribution in [2.24, 2.45) is 0 Å². The van der Waals surface area contributed by atoms with Crippen molar-refractivity contribution in [3.63, 3.8) is 0 Å². The number of hydrogen-bond acceptors (Lipinski definition) is 13. The van der Waals surface area contributed by atoms with E-state index >= 15 is 0 Å². The number of carboxylic acid groups (broad SMARTS) is 1. The molecule has 46 heavy (non-hydrogen) atoms. The third-order valence-corrected chi connectivity index (χ3v) is 9.43. The molecule has 0 aliphatic carbocycles. The van der Waals surface area contributed by atoms with E-state index in [-0.39, 0.29) is 22.9 Å². The quantitative estimate of drug-likeness (QED) is 0.202. The number of phenols is 1. The summed E-state index contributed by atoms with van der Waals surface area (Å²) >= 11 is 0. The first-order chi connectivity index (χ1) is 22.0.